The highest BCUT2D eigenvalue weighted by molar-refractivity contribution is 5.78. The Morgan fingerprint density at radius 3 is 2.50 bits per heavy atom. The second-order valence-electron chi connectivity index (χ2n) is 5.68. The fraction of sp³-hybridized carbons (Fsp3) is 0.533. The van der Waals surface area contributed by atoms with Gasteiger partial charge in [-0.15, -0.1) is 0 Å². The lowest BCUT2D eigenvalue weighted by Crippen LogP contribution is -2.31. The normalized spacial score (nSPS) is 16.9. The van der Waals surface area contributed by atoms with Crippen LogP contribution in [0.1, 0.15) is 29.5 Å². The van der Waals surface area contributed by atoms with Gasteiger partial charge in [-0.3, -0.25) is 4.79 Å². The van der Waals surface area contributed by atoms with Gasteiger partial charge in [0, 0.05) is 13.1 Å². The summed E-state index contributed by atoms with van der Waals surface area (Å²) in [5.41, 5.74) is 3.38. The summed E-state index contributed by atoms with van der Waals surface area (Å²) < 4.78 is 0. The van der Waals surface area contributed by atoms with Crippen molar-refractivity contribution in [3.8, 4) is 0 Å². The molecule has 0 radical (unpaired) electrons. The van der Waals surface area contributed by atoms with Gasteiger partial charge in [-0.1, -0.05) is 18.2 Å². The molecule has 1 saturated carbocycles. The summed E-state index contributed by atoms with van der Waals surface area (Å²) in [7, 11) is 2.00. The zero-order valence-corrected chi connectivity index (χ0v) is 11.4. The Morgan fingerprint density at radius 1 is 1.33 bits per heavy atom. The van der Waals surface area contributed by atoms with Gasteiger partial charge in [0.15, 0.2) is 0 Å². The number of carboxylic acid groups (broad SMARTS) is 1. The highest BCUT2D eigenvalue weighted by Crippen LogP contribution is 2.46. The number of hydrogen-bond acceptors (Lipinski definition) is 2. The topological polar surface area (TPSA) is 40.5 Å². The van der Waals surface area contributed by atoms with E-state index in [4.69, 9.17) is 0 Å². The lowest BCUT2D eigenvalue weighted by Gasteiger charge is -2.21. The third-order valence-corrected chi connectivity index (χ3v) is 3.90. The van der Waals surface area contributed by atoms with E-state index in [2.05, 4.69) is 36.9 Å². The fourth-order valence-electron chi connectivity index (χ4n) is 2.38. The average molecular weight is 247 g/mol. The van der Waals surface area contributed by atoms with Crippen molar-refractivity contribution in [2.75, 3.05) is 13.6 Å². The molecule has 1 fully saturated rings. The minimum absolute atomic E-state index is 0.464. The van der Waals surface area contributed by atoms with Gasteiger partial charge in [0.05, 0.1) is 5.41 Å². The van der Waals surface area contributed by atoms with E-state index in [1.807, 2.05) is 7.05 Å². The maximum atomic E-state index is 11.1. The summed E-state index contributed by atoms with van der Waals surface area (Å²) in [6, 6.07) is 6.44. The number of aryl methyl sites for hydroxylation is 2. The van der Waals surface area contributed by atoms with Crippen molar-refractivity contribution in [3.63, 3.8) is 0 Å². The number of rotatable bonds is 5. The number of carboxylic acids is 1. The van der Waals surface area contributed by atoms with Gasteiger partial charge in [-0.05, 0) is 50.4 Å². The van der Waals surface area contributed by atoms with Crippen molar-refractivity contribution in [1.29, 1.82) is 0 Å². The van der Waals surface area contributed by atoms with E-state index < -0.39 is 11.4 Å². The lowest BCUT2D eigenvalue weighted by atomic mass is 10.0. The van der Waals surface area contributed by atoms with E-state index in [-0.39, 0.29) is 0 Å². The lowest BCUT2D eigenvalue weighted by molar-refractivity contribution is -0.144. The van der Waals surface area contributed by atoms with Crippen LogP contribution in [-0.4, -0.2) is 29.6 Å². The zero-order valence-electron chi connectivity index (χ0n) is 11.4. The molecular formula is C15H21NO2. The number of hydrogen-bond donors (Lipinski definition) is 1. The molecule has 18 heavy (non-hydrogen) atoms. The molecular weight excluding hydrogens is 226 g/mol. The monoisotopic (exact) mass is 247 g/mol. The van der Waals surface area contributed by atoms with Crippen LogP contribution in [0.2, 0.25) is 0 Å². The maximum Gasteiger partial charge on any atom is 0.310 e. The Morgan fingerprint density at radius 2 is 2.00 bits per heavy atom. The van der Waals surface area contributed by atoms with Crippen LogP contribution >= 0.6 is 0 Å². The van der Waals surface area contributed by atoms with Crippen molar-refractivity contribution >= 4 is 5.97 Å². The van der Waals surface area contributed by atoms with Crippen LogP contribution in [-0.2, 0) is 11.3 Å². The molecule has 0 aliphatic heterocycles. The molecule has 0 bridgehead atoms. The molecule has 0 atom stereocenters. The smallest absolute Gasteiger partial charge is 0.310 e. The standard InChI is InChI=1S/C15H21NO2/c1-11-4-5-13(8-12(11)2)9-16(3)10-15(6-7-15)14(17)18/h4-5,8H,6-7,9-10H2,1-3H3,(H,17,18). The number of benzene rings is 1. The van der Waals surface area contributed by atoms with E-state index >= 15 is 0 Å². The Labute approximate surface area is 108 Å². The molecule has 3 nitrogen and oxygen atoms in total. The van der Waals surface area contributed by atoms with Crippen molar-refractivity contribution in [2.45, 2.75) is 33.2 Å². The number of nitrogens with zero attached hydrogens (tertiary/aromatic N) is 1. The molecule has 2 rings (SSSR count). The van der Waals surface area contributed by atoms with Crippen LogP contribution < -0.4 is 0 Å². The van der Waals surface area contributed by atoms with E-state index in [1.54, 1.807) is 0 Å². The fourth-order valence-corrected chi connectivity index (χ4v) is 2.38. The summed E-state index contributed by atoms with van der Waals surface area (Å²) in [4.78, 5) is 13.3. The Hall–Kier alpha value is -1.35. The second kappa shape index (κ2) is 4.73. The van der Waals surface area contributed by atoms with Gasteiger partial charge in [-0.25, -0.2) is 0 Å². The van der Waals surface area contributed by atoms with Crippen LogP contribution in [0.25, 0.3) is 0 Å². The molecule has 1 aromatic carbocycles. The van der Waals surface area contributed by atoms with Crippen molar-refractivity contribution in [3.05, 3.63) is 34.9 Å². The highest BCUT2D eigenvalue weighted by Gasteiger charge is 2.50. The van der Waals surface area contributed by atoms with Gasteiger partial charge < -0.3 is 10.0 Å². The highest BCUT2D eigenvalue weighted by atomic mass is 16.4. The van der Waals surface area contributed by atoms with Gasteiger partial charge in [0.25, 0.3) is 0 Å². The summed E-state index contributed by atoms with van der Waals surface area (Å²) in [6.45, 7) is 5.68. The van der Waals surface area contributed by atoms with Gasteiger partial charge in [0.2, 0.25) is 0 Å². The van der Waals surface area contributed by atoms with Crippen molar-refractivity contribution in [2.24, 2.45) is 5.41 Å². The van der Waals surface area contributed by atoms with E-state index in [0.717, 1.165) is 19.4 Å². The van der Waals surface area contributed by atoms with Crippen LogP contribution in [0.4, 0.5) is 0 Å². The molecule has 0 saturated heterocycles. The van der Waals surface area contributed by atoms with Gasteiger partial charge in [-0.2, -0.15) is 0 Å². The Bertz CT molecular complexity index is 464. The van der Waals surface area contributed by atoms with Crippen LogP contribution in [0.5, 0.6) is 0 Å². The minimum atomic E-state index is -0.644. The molecule has 1 N–H and O–H groups in total. The molecule has 98 valence electrons. The second-order valence-corrected chi connectivity index (χ2v) is 5.68. The molecule has 3 heteroatoms. The zero-order chi connectivity index (χ0) is 13.3. The molecule has 0 heterocycles. The largest absolute Gasteiger partial charge is 0.481 e. The Balaban J connectivity index is 1.97. The first kappa shape index (κ1) is 13.1. The first-order valence-corrected chi connectivity index (χ1v) is 6.41. The molecule has 0 spiro atoms. The summed E-state index contributed by atoms with van der Waals surface area (Å²) >= 11 is 0. The number of aliphatic carboxylic acids is 1. The van der Waals surface area contributed by atoms with E-state index in [0.29, 0.717) is 6.54 Å². The molecule has 0 unspecified atom stereocenters. The molecule has 0 amide bonds. The average Bonchev–Trinajstić information content (AvgIpc) is 3.04. The molecule has 1 aromatic rings. The van der Waals surface area contributed by atoms with E-state index in [1.165, 1.54) is 16.7 Å². The van der Waals surface area contributed by atoms with Crippen LogP contribution in [0.3, 0.4) is 0 Å². The predicted molar refractivity (Wildman–Crippen MR) is 71.6 cm³/mol. The SMILES string of the molecule is Cc1ccc(CN(C)CC2(C(=O)O)CC2)cc1C. The van der Waals surface area contributed by atoms with Crippen LogP contribution in [0.15, 0.2) is 18.2 Å². The summed E-state index contributed by atoms with van der Waals surface area (Å²) in [5, 5.41) is 9.17. The predicted octanol–water partition coefficient (Wildman–Crippen LogP) is 2.60. The molecule has 1 aliphatic carbocycles. The quantitative estimate of drug-likeness (QED) is 0.869. The summed E-state index contributed by atoms with van der Waals surface area (Å²) in [6.07, 6.45) is 1.64. The van der Waals surface area contributed by atoms with Crippen molar-refractivity contribution < 1.29 is 9.90 Å². The number of carbonyl (C=O) groups is 1. The van der Waals surface area contributed by atoms with E-state index in [9.17, 15) is 9.90 Å². The Kier molecular flexibility index (Phi) is 3.44. The van der Waals surface area contributed by atoms with Gasteiger partial charge >= 0.3 is 5.97 Å². The third-order valence-electron chi connectivity index (χ3n) is 3.90. The summed E-state index contributed by atoms with van der Waals surface area (Å²) in [5.74, 6) is -0.644. The van der Waals surface area contributed by atoms with Crippen molar-refractivity contribution in [1.82, 2.24) is 4.90 Å². The minimum Gasteiger partial charge on any atom is -0.481 e. The first-order chi connectivity index (χ1) is 8.43. The maximum absolute atomic E-state index is 11.1. The molecule has 1 aliphatic rings. The third kappa shape index (κ3) is 2.72. The molecule has 0 aromatic heterocycles. The van der Waals surface area contributed by atoms with Gasteiger partial charge in [0.1, 0.15) is 0 Å². The van der Waals surface area contributed by atoms with Crippen LogP contribution in [0, 0.1) is 19.3 Å². The first-order valence-electron chi connectivity index (χ1n) is 6.41.